The molecule has 2 N–H and O–H groups in total. The van der Waals surface area contributed by atoms with E-state index in [1.54, 1.807) is 0 Å². The van der Waals surface area contributed by atoms with Gasteiger partial charge in [0.2, 0.25) is 11.7 Å². The monoisotopic (exact) mass is 390 g/mol. The average molecular weight is 390 g/mol. The molecule has 1 heterocycles. The molecular formula is C20H21F3N4O. The van der Waals surface area contributed by atoms with Gasteiger partial charge >= 0.3 is 6.18 Å². The van der Waals surface area contributed by atoms with E-state index in [1.807, 2.05) is 18.2 Å². The molecule has 148 valence electrons. The minimum absolute atomic E-state index is 0.136. The van der Waals surface area contributed by atoms with E-state index in [-0.39, 0.29) is 11.4 Å². The van der Waals surface area contributed by atoms with E-state index in [2.05, 4.69) is 27.2 Å². The van der Waals surface area contributed by atoms with Crippen molar-refractivity contribution >= 4 is 0 Å². The van der Waals surface area contributed by atoms with Crippen molar-refractivity contribution in [3.63, 3.8) is 0 Å². The molecule has 0 atom stereocenters. The lowest BCUT2D eigenvalue weighted by Gasteiger charge is -2.19. The average Bonchev–Trinajstić information content (AvgIpc) is 3.15. The first-order chi connectivity index (χ1) is 13.5. The number of hydrogen-bond acceptors (Lipinski definition) is 5. The number of nitrogens with two attached hydrogens (primary N) is 1. The van der Waals surface area contributed by atoms with Gasteiger partial charge in [0.25, 0.3) is 0 Å². The summed E-state index contributed by atoms with van der Waals surface area (Å²) in [6, 6.07) is 14.9. The Hall–Kier alpha value is -2.71. The minimum Gasteiger partial charge on any atom is -0.338 e. The molecule has 0 radical (unpaired) electrons. The normalized spacial score (nSPS) is 11.9. The Morgan fingerprint density at radius 2 is 1.79 bits per heavy atom. The van der Waals surface area contributed by atoms with E-state index in [0.29, 0.717) is 25.5 Å². The van der Waals surface area contributed by atoms with Crippen LogP contribution in [0.2, 0.25) is 0 Å². The number of rotatable bonds is 8. The van der Waals surface area contributed by atoms with E-state index in [9.17, 15) is 13.2 Å². The van der Waals surface area contributed by atoms with Gasteiger partial charge in [-0.05, 0) is 24.1 Å². The van der Waals surface area contributed by atoms with Gasteiger partial charge in [0.15, 0.2) is 0 Å². The lowest BCUT2D eigenvalue weighted by atomic mass is 10.1. The van der Waals surface area contributed by atoms with Crippen LogP contribution in [0.1, 0.15) is 17.0 Å². The number of alkyl halides is 3. The third kappa shape index (κ3) is 5.40. The zero-order valence-corrected chi connectivity index (χ0v) is 15.2. The number of hydrogen-bond donors (Lipinski definition) is 1. The zero-order valence-electron chi connectivity index (χ0n) is 15.2. The molecule has 0 spiro atoms. The van der Waals surface area contributed by atoms with Gasteiger partial charge in [-0.15, -0.1) is 0 Å². The Morgan fingerprint density at radius 3 is 2.50 bits per heavy atom. The molecule has 0 saturated heterocycles. The molecule has 0 saturated carbocycles. The van der Waals surface area contributed by atoms with E-state index in [1.165, 1.54) is 17.7 Å². The third-order valence-electron chi connectivity index (χ3n) is 4.28. The second-order valence-corrected chi connectivity index (χ2v) is 6.39. The molecule has 3 rings (SSSR count). The minimum atomic E-state index is -4.42. The molecule has 0 aliphatic rings. The van der Waals surface area contributed by atoms with Crippen LogP contribution in [-0.2, 0) is 19.1 Å². The highest BCUT2D eigenvalue weighted by atomic mass is 19.4. The summed E-state index contributed by atoms with van der Waals surface area (Å²) in [5.41, 5.74) is 6.42. The molecule has 2 aromatic carbocycles. The van der Waals surface area contributed by atoms with Crippen molar-refractivity contribution < 1.29 is 17.7 Å². The van der Waals surface area contributed by atoms with Crippen molar-refractivity contribution in [3.8, 4) is 11.4 Å². The molecule has 0 unspecified atom stereocenters. The standard InChI is InChI=1S/C20H21F3N4O/c21-20(22,23)17-8-4-7-16(13-17)19-25-18(28-26-19)14-27(12-10-24)11-9-15-5-2-1-3-6-15/h1-8,13H,9-12,14,24H2. The molecular weight excluding hydrogens is 369 g/mol. The van der Waals surface area contributed by atoms with Crippen LogP contribution >= 0.6 is 0 Å². The second-order valence-electron chi connectivity index (χ2n) is 6.39. The van der Waals surface area contributed by atoms with Crippen molar-refractivity contribution in [1.29, 1.82) is 0 Å². The van der Waals surface area contributed by atoms with Crippen LogP contribution in [0.15, 0.2) is 59.1 Å². The Bertz CT molecular complexity index is 880. The molecule has 3 aromatic rings. The van der Waals surface area contributed by atoms with Crippen molar-refractivity contribution in [2.45, 2.75) is 19.1 Å². The quantitative estimate of drug-likeness (QED) is 0.634. The molecule has 0 aliphatic carbocycles. The number of aromatic nitrogens is 2. The van der Waals surface area contributed by atoms with Crippen LogP contribution in [-0.4, -0.2) is 34.7 Å². The van der Waals surface area contributed by atoms with Gasteiger partial charge in [-0.1, -0.05) is 47.6 Å². The number of halogens is 3. The van der Waals surface area contributed by atoms with Crippen LogP contribution < -0.4 is 5.73 Å². The Morgan fingerprint density at radius 1 is 1.00 bits per heavy atom. The van der Waals surface area contributed by atoms with Crippen molar-refractivity contribution in [2.75, 3.05) is 19.6 Å². The molecule has 8 heteroatoms. The van der Waals surface area contributed by atoms with Gasteiger partial charge in [-0.3, -0.25) is 4.90 Å². The number of benzene rings is 2. The molecule has 0 bridgehead atoms. The fraction of sp³-hybridized carbons (Fsp3) is 0.300. The van der Waals surface area contributed by atoms with Crippen molar-refractivity contribution in [3.05, 3.63) is 71.6 Å². The van der Waals surface area contributed by atoms with Gasteiger partial charge < -0.3 is 10.3 Å². The van der Waals surface area contributed by atoms with Crippen molar-refractivity contribution in [1.82, 2.24) is 15.0 Å². The molecule has 0 amide bonds. The maximum Gasteiger partial charge on any atom is 0.416 e. The lowest BCUT2D eigenvalue weighted by Crippen LogP contribution is -2.31. The first-order valence-corrected chi connectivity index (χ1v) is 8.92. The van der Waals surface area contributed by atoms with Crippen LogP contribution in [0.25, 0.3) is 11.4 Å². The first-order valence-electron chi connectivity index (χ1n) is 8.92. The van der Waals surface area contributed by atoms with E-state index >= 15 is 0 Å². The van der Waals surface area contributed by atoms with Crippen LogP contribution in [0.4, 0.5) is 13.2 Å². The van der Waals surface area contributed by atoms with Gasteiger partial charge in [-0.2, -0.15) is 18.2 Å². The van der Waals surface area contributed by atoms with Gasteiger partial charge in [0.1, 0.15) is 0 Å². The highest BCUT2D eigenvalue weighted by Gasteiger charge is 2.30. The predicted octanol–water partition coefficient (Wildman–Crippen LogP) is 3.76. The summed E-state index contributed by atoms with van der Waals surface area (Å²) >= 11 is 0. The smallest absolute Gasteiger partial charge is 0.338 e. The maximum absolute atomic E-state index is 12.9. The largest absolute Gasteiger partial charge is 0.416 e. The molecule has 0 fully saturated rings. The van der Waals surface area contributed by atoms with E-state index in [4.69, 9.17) is 10.3 Å². The highest BCUT2D eigenvalue weighted by Crippen LogP contribution is 2.31. The second kappa shape index (κ2) is 8.99. The van der Waals surface area contributed by atoms with E-state index in [0.717, 1.165) is 25.1 Å². The summed E-state index contributed by atoms with van der Waals surface area (Å²) in [5.74, 6) is 0.478. The maximum atomic E-state index is 12.9. The zero-order chi connectivity index (χ0) is 20.0. The fourth-order valence-electron chi connectivity index (χ4n) is 2.85. The van der Waals surface area contributed by atoms with Crippen LogP contribution in [0.3, 0.4) is 0 Å². The Labute approximate surface area is 161 Å². The molecule has 0 aliphatic heterocycles. The topological polar surface area (TPSA) is 68.2 Å². The summed E-state index contributed by atoms with van der Waals surface area (Å²) < 4.78 is 43.9. The number of nitrogens with zero attached hydrogens (tertiary/aromatic N) is 3. The Balaban J connectivity index is 1.68. The molecule has 5 nitrogen and oxygen atoms in total. The molecule has 28 heavy (non-hydrogen) atoms. The van der Waals surface area contributed by atoms with Gasteiger partial charge in [0, 0.05) is 25.2 Å². The predicted molar refractivity (Wildman–Crippen MR) is 99.2 cm³/mol. The lowest BCUT2D eigenvalue weighted by molar-refractivity contribution is -0.137. The van der Waals surface area contributed by atoms with Crippen LogP contribution in [0.5, 0.6) is 0 Å². The third-order valence-corrected chi connectivity index (χ3v) is 4.28. The summed E-state index contributed by atoms with van der Waals surface area (Å²) in [6.07, 6.45) is -3.58. The van der Waals surface area contributed by atoms with Gasteiger partial charge in [0.05, 0.1) is 12.1 Å². The van der Waals surface area contributed by atoms with Gasteiger partial charge in [-0.25, -0.2) is 0 Å². The van der Waals surface area contributed by atoms with E-state index < -0.39 is 11.7 Å². The summed E-state index contributed by atoms with van der Waals surface area (Å²) in [7, 11) is 0. The first kappa shape index (κ1) is 20.0. The Kier molecular flexibility index (Phi) is 6.43. The summed E-state index contributed by atoms with van der Waals surface area (Å²) in [4.78, 5) is 6.33. The molecule has 1 aromatic heterocycles. The SMILES string of the molecule is NCCN(CCc1ccccc1)Cc1nc(-c2cccc(C(F)(F)F)c2)no1. The van der Waals surface area contributed by atoms with Crippen LogP contribution in [0, 0.1) is 0 Å². The fourth-order valence-corrected chi connectivity index (χ4v) is 2.85. The highest BCUT2D eigenvalue weighted by molar-refractivity contribution is 5.55. The summed E-state index contributed by atoms with van der Waals surface area (Å²) in [6.45, 7) is 2.26. The summed E-state index contributed by atoms with van der Waals surface area (Å²) in [5, 5.41) is 3.83. The van der Waals surface area contributed by atoms with Crippen molar-refractivity contribution in [2.24, 2.45) is 5.73 Å².